The highest BCUT2D eigenvalue weighted by molar-refractivity contribution is 8.04. The zero-order valence-electron chi connectivity index (χ0n) is 17.3. The summed E-state index contributed by atoms with van der Waals surface area (Å²) < 4.78 is 18.3. The van der Waals surface area contributed by atoms with Gasteiger partial charge in [-0.05, 0) is 60.7 Å². The van der Waals surface area contributed by atoms with Crippen LogP contribution in [0.25, 0.3) is 6.08 Å². The summed E-state index contributed by atoms with van der Waals surface area (Å²) >= 11 is 1.60. The lowest BCUT2D eigenvalue weighted by atomic mass is 9.84. The van der Waals surface area contributed by atoms with E-state index in [9.17, 15) is 14.0 Å². The van der Waals surface area contributed by atoms with Crippen LogP contribution in [0.4, 0.5) is 4.39 Å². The van der Waals surface area contributed by atoms with Crippen LogP contribution in [-0.2, 0) is 16.1 Å². The number of nitrogens with one attached hydrogen (secondary N) is 2. The molecule has 0 bridgehead atoms. The van der Waals surface area contributed by atoms with E-state index < -0.39 is 0 Å². The van der Waals surface area contributed by atoms with Crippen LogP contribution in [0.5, 0.6) is 5.75 Å². The Morgan fingerprint density at radius 3 is 2.84 bits per heavy atom. The summed E-state index contributed by atoms with van der Waals surface area (Å²) in [5.41, 5.74) is 1.78. The van der Waals surface area contributed by atoms with Gasteiger partial charge in [-0.2, -0.15) is 0 Å². The van der Waals surface area contributed by atoms with Crippen LogP contribution >= 0.6 is 11.8 Å². The molecule has 2 fully saturated rings. The lowest BCUT2D eigenvalue weighted by Gasteiger charge is -2.39. The fourth-order valence-electron chi connectivity index (χ4n) is 4.05. The van der Waals surface area contributed by atoms with E-state index in [1.54, 1.807) is 31.0 Å². The minimum Gasteiger partial charge on any atom is -0.497 e. The Kier molecular flexibility index (Phi) is 6.61. The van der Waals surface area contributed by atoms with E-state index in [0.29, 0.717) is 17.9 Å². The van der Waals surface area contributed by atoms with Gasteiger partial charge >= 0.3 is 0 Å². The molecule has 1 aliphatic carbocycles. The van der Waals surface area contributed by atoms with Crippen LogP contribution in [-0.4, -0.2) is 30.2 Å². The second-order valence-electron chi connectivity index (χ2n) is 7.88. The zero-order chi connectivity index (χ0) is 21.8. The van der Waals surface area contributed by atoms with Crippen molar-refractivity contribution in [2.75, 3.05) is 7.11 Å². The molecular formula is C24H25FN2O3S. The van der Waals surface area contributed by atoms with Gasteiger partial charge in [-0.3, -0.25) is 9.59 Å². The summed E-state index contributed by atoms with van der Waals surface area (Å²) in [6, 6.07) is 13.7. The maximum Gasteiger partial charge on any atom is 0.257 e. The predicted octanol–water partition coefficient (Wildman–Crippen LogP) is 3.89. The van der Waals surface area contributed by atoms with Gasteiger partial charge in [0, 0.05) is 23.8 Å². The number of benzene rings is 2. The minimum atomic E-state index is -0.293. The summed E-state index contributed by atoms with van der Waals surface area (Å²) in [7, 11) is 1.62. The Morgan fingerprint density at radius 1 is 1.26 bits per heavy atom. The third-order valence-electron chi connectivity index (χ3n) is 5.75. The number of rotatable bonds is 5. The maximum absolute atomic E-state index is 13.0. The van der Waals surface area contributed by atoms with Gasteiger partial charge in [0.05, 0.1) is 12.0 Å². The molecule has 2 aromatic rings. The molecule has 4 rings (SSSR count). The van der Waals surface area contributed by atoms with Gasteiger partial charge in [-0.25, -0.2) is 4.39 Å². The van der Waals surface area contributed by atoms with Crippen molar-refractivity contribution in [3.05, 3.63) is 70.4 Å². The van der Waals surface area contributed by atoms with Crippen LogP contribution in [0.3, 0.4) is 0 Å². The van der Waals surface area contributed by atoms with E-state index in [1.165, 1.54) is 12.1 Å². The zero-order valence-corrected chi connectivity index (χ0v) is 18.1. The normalized spacial score (nSPS) is 24.3. The number of fused-ring (bicyclic) bond motifs is 1. The molecule has 0 radical (unpaired) electrons. The Morgan fingerprint density at radius 2 is 2.06 bits per heavy atom. The Hall–Kier alpha value is -2.80. The maximum atomic E-state index is 13.0. The van der Waals surface area contributed by atoms with Crippen molar-refractivity contribution < 1.29 is 18.7 Å². The van der Waals surface area contributed by atoms with E-state index in [4.69, 9.17) is 4.74 Å². The van der Waals surface area contributed by atoms with Crippen molar-refractivity contribution in [1.29, 1.82) is 0 Å². The van der Waals surface area contributed by atoms with Crippen LogP contribution in [0.15, 0.2) is 53.4 Å². The molecule has 162 valence electrons. The SMILES string of the molecule is COc1cccc(/C=C2/SC3CCC(C(=O)NCc4ccc(F)cc4)CC3NC2=O)c1. The number of hydrogen-bond donors (Lipinski definition) is 2. The lowest BCUT2D eigenvalue weighted by molar-refractivity contribution is -0.127. The molecular weight excluding hydrogens is 415 g/mol. The third-order valence-corrected chi connectivity index (χ3v) is 7.17. The van der Waals surface area contributed by atoms with Crippen LogP contribution in [0, 0.1) is 11.7 Å². The van der Waals surface area contributed by atoms with E-state index in [0.717, 1.165) is 29.7 Å². The molecule has 0 spiro atoms. The first-order valence-corrected chi connectivity index (χ1v) is 11.2. The van der Waals surface area contributed by atoms with Crippen molar-refractivity contribution in [1.82, 2.24) is 10.6 Å². The smallest absolute Gasteiger partial charge is 0.257 e. The molecule has 31 heavy (non-hydrogen) atoms. The first kappa shape index (κ1) is 21.4. The number of methoxy groups -OCH3 is 1. The molecule has 3 unspecified atom stereocenters. The summed E-state index contributed by atoms with van der Waals surface area (Å²) in [5.74, 6) is 0.215. The topological polar surface area (TPSA) is 67.4 Å². The standard InChI is InChI=1S/C24H25FN2O3S/c1-30-19-4-2-3-16(11-19)12-22-24(29)27-20-13-17(7-10-21(20)31-22)23(28)26-14-15-5-8-18(25)9-6-15/h2-6,8-9,11-12,17,20-21H,7,10,13-14H2,1H3,(H,26,28)(H,27,29)/b22-12+. The second-order valence-corrected chi connectivity index (χ2v) is 9.16. The average molecular weight is 441 g/mol. The monoisotopic (exact) mass is 440 g/mol. The van der Waals surface area contributed by atoms with Gasteiger partial charge in [0.1, 0.15) is 11.6 Å². The van der Waals surface area contributed by atoms with Gasteiger partial charge in [-0.1, -0.05) is 24.3 Å². The Bertz CT molecular complexity index is 993. The summed E-state index contributed by atoms with van der Waals surface area (Å²) in [5, 5.41) is 6.30. The molecule has 2 aliphatic rings. The first-order chi connectivity index (χ1) is 15.0. The fraction of sp³-hybridized carbons (Fsp3) is 0.333. The highest BCUT2D eigenvalue weighted by Crippen LogP contribution is 2.40. The Balaban J connectivity index is 1.34. The predicted molar refractivity (Wildman–Crippen MR) is 120 cm³/mol. The van der Waals surface area contributed by atoms with Crippen LogP contribution in [0.1, 0.15) is 30.4 Å². The van der Waals surface area contributed by atoms with Crippen molar-refractivity contribution in [3.8, 4) is 5.75 Å². The molecule has 1 saturated heterocycles. The minimum absolute atomic E-state index is 0.0141. The van der Waals surface area contributed by atoms with Crippen molar-refractivity contribution >= 4 is 29.7 Å². The number of halogens is 1. The number of thioether (sulfide) groups is 1. The van der Waals surface area contributed by atoms with Gasteiger partial charge in [0.15, 0.2) is 0 Å². The van der Waals surface area contributed by atoms with E-state index >= 15 is 0 Å². The molecule has 2 amide bonds. The summed E-state index contributed by atoms with van der Waals surface area (Å²) in [4.78, 5) is 26.0. The number of amides is 2. The molecule has 3 atom stereocenters. The Labute approximate surface area is 185 Å². The van der Waals surface area contributed by atoms with Crippen molar-refractivity contribution in [3.63, 3.8) is 0 Å². The number of ether oxygens (including phenoxy) is 1. The van der Waals surface area contributed by atoms with E-state index in [1.807, 2.05) is 30.3 Å². The van der Waals surface area contributed by atoms with Gasteiger partial charge in [0.25, 0.3) is 5.91 Å². The molecule has 2 aromatic carbocycles. The van der Waals surface area contributed by atoms with E-state index in [2.05, 4.69) is 10.6 Å². The van der Waals surface area contributed by atoms with E-state index in [-0.39, 0.29) is 34.8 Å². The number of carbonyl (C=O) groups is 2. The quantitative estimate of drug-likeness (QED) is 0.693. The number of hydrogen-bond acceptors (Lipinski definition) is 4. The van der Waals surface area contributed by atoms with Gasteiger partial charge in [-0.15, -0.1) is 11.8 Å². The van der Waals surface area contributed by atoms with Crippen molar-refractivity contribution in [2.24, 2.45) is 5.92 Å². The van der Waals surface area contributed by atoms with Gasteiger partial charge in [0.2, 0.25) is 5.91 Å². The molecule has 1 heterocycles. The van der Waals surface area contributed by atoms with Gasteiger partial charge < -0.3 is 15.4 Å². The molecule has 1 saturated carbocycles. The average Bonchev–Trinajstić information content (AvgIpc) is 2.79. The lowest BCUT2D eigenvalue weighted by Crippen LogP contribution is -2.51. The molecule has 2 N–H and O–H groups in total. The molecule has 1 aliphatic heterocycles. The highest BCUT2D eigenvalue weighted by Gasteiger charge is 2.39. The fourth-order valence-corrected chi connectivity index (χ4v) is 5.34. The first-order valence-electron chi connectivity index (χ1n) is 10.4. The summed E-state index contributed by atoms with van der Waals surface area (Å²) in [6.07, 6.45) is 4.16. The van der Waals surface area contributed by atoms with Crippen LogP contribution < -0.4 is 15.4 Å². The number of carbonyl (C=O) groups excluding carboxylic acids is 2. The molecule has 5 nitrogen and oxygen atoms in total. The molecule has 0 aromatic heterocycles. The summed E-state index contributed by atoms with van der Waals surface area (Å²) in [6.45, 7) is 0.373. The second kappa shape index (κ2) is 9.56. The third kappa shape index (κ3) is 5.28. The highest BCUT2D eigenvalue weighted by atomic mass is 32.2. The largest absolute Gasteiger partial charge is 0.497 e. The van der Waals surface area contributed by atoms with Crippen molar-refractivity contribution in [2.45, 2.75) is 37.1 Å². The van der Waals surface area contributed by atoms with Crippen LogP contribution in [0.2, 0.25) is 0 Å². The molecule has 7 heteroatoms.